The molecule has 0 aliphatic carbocycles. The Morgan fingerprint density at radius 1 is 1.23 bits per heavy atom. The van der Waals surface area contributed by atoms with Gasteiger partial charge in [0.25, 0.3) is 0 Å². The van der Waals surface area contributed by atoms with Crippen molar-refractivity contribution in [3.63, 3.8) is 0 Å². The number of halogens is 3. The molecule has 0 aliphatic heterocycles. The number of hydrogen-bond donors (Lipinski definition) is 4. The number of carboxylic acid groups (broad SMARTS) is 1. The lowest BCUT2D eigenvalue weighted by atomic mass is 10.2. The largest absolute Gasteiger partial charge is 0.478 e. The van der Waals surface area contributed by atoms with Gasteiger partial charge in [-0.05, 0) is 24.4 Å². The first-order chi connectivity index (χ1) is 10.1. The van der Waals surface area contributed by atoms with Crippen LogP contribution in [0.1, 0.15) is 17.3 Å². The molecule has 0 radical (unpaired) electrons. The van der Waals surface area contributed by atoms with Crippen molar-refractivity contribution in [1.82, 2.24) is 10.6 Å². The monoisotopic (exact) mass is 383 g/mol. The molecule has 4 N–H and O–H groups in total. The average Bonchev–Trinajstić information content (AvgIpc) is 2.36. The molecule has 1 rings (SSSR count). The Morgan fingerprint density at radius 3 is 2.32 bits per heavy atom. The number of para-hydroxylation sites is 1. The highest BCUT2D eigenvalue weighted by molar-refractivity contribution is 7.80. The molecule has 0 fully saturated rings. The summed E-state index contributed by atoms with van der Waals surface area (Å²) in [6.45, 7) is 1.25. The van der Waals surface area contributed by atoms with E-state index >= 15 is 0 Å². The highest BCUT2D eigenvalue weighted by Crippen LogP contribution is 2.29. The Balaban J connectivity index is 2.84. The van der Waals surface area contributed by atoms with Gasteiger partial charge >= 0.3 is 5.97 Å². The maximum absolute atomic E-state index is 11.1. The zero-order valence-electron chi connectivity index (χ0n) is 11.2. The van der Waals surface area contributed by atoms with Gasteiger partial charge in [-0.15, -0.1) is 0 Å². The summed E-state index contributed by atoms with van der Waals surface area (Å²) in [7, 11) is 0. The van der Waals surface area contributed by atoms with Gasteiger partial charge in [0.1, 0.15) is 6.17 Å². The number of carbonyl (C=O) groups excluding carboxylic acids is 1. The highest BCUT2D eigenvalue weighted by Gasteiger charge is 2.34. The molecule has 0 unspecified atom stereocenters. The van der Waals surface area contributed by atoms with E-state index in [0.29, 0.717) is 0 Å². The van der Waals surface area contributed by atoms with Crippen LogP contribution in [-0.2, 0) is 4.79 Å². The van der Waals surface area contributed by atoms with Gasteiger partial charge in [-0.25, -0.2) is 4.79 Å². The fourth-order valence-electron chi connectivity index (χ4n) is 1.47. The van der Waals surface area contributed by atoms with Crippen LogP contribution in [0.2, 0.25) is 0 Å². The fraction of sp³-hybridized carbons (Fsp3) is 0.250. The van der Waals surface area contributed by atoms with Crippen molar-refractivity contribution in [2.75, 3.05) is 5.32 Å². The lowest BCUT2D eigenvalue weighted by Gasteiger charge is -2.27. The van der Waals surface area contributed by atoms with E-state index in [2.05, 4.69) is 16.0 Å². The third-order valence-electron chi connectivity index (χ3n) is 2.36. The summed E-state index contributed by atoms with van der Waals surface area (Å²) < 4.78 is -1.86. The van der Waals surface area contributed by atoms with E-state index in [9.17, 15) is 9.59 Å². The maximum Gasteiger partial charge on any atom is 0.337 e. The molecule has 1 atom stereocenters. The number of carboxylic acids is 1. The van der Waals surface area contributed by atoms with E-state index in [1.165, 1.54) is 19.1 Å². The van der Waals surface area contributed by atoms with Crippen LogP contribution in [0.5, 0.6) is 0 Å². The van der Waals surface area contributed by atoms with Crippen molar-refractivity contribution in [1.29, 1.82) is 0 Å². The van der Waals surface area contributed by atoms with Gasteiger partial charge in [-0.3, -0.25) is 4.79 Å². The van der Waals surface area contributed by atoms with Gasteiger partial charge in [0.15, 0.2) is 5.11 Å². The van der Waals surface area contributed by atoms with E-state index in [1.54, 1.807) is 12.1 Å². The molecule has 6 nitrogen and oxygen atoms in total. The number of carbonyl (C=O) groups is 2. The van der Waals surface area contributed by atoms with Crippen LogP contribution >= 0.6 is 47.0 Å². The molecule has 0 aliphatic rings. The van der Waals surface area contributed by atoms with Gasteiger partial charge in [-0.1, -0.05) is 46.9 Å². The van der Waals surface area contributed by atoms with E-state index < -0.39 is 21.8 Å². The second kappa shape index (κ2) is 7.82. The van der Waals surface area contributed by atoms with Crippen molar-refractivity contribution in [2.24, 2.45) is 0 Å². The van der Waals surface area contributed by atoms with Crippen LogP contribution in [0, 0.1) is 0 Å². The Bertz CT molecular complexity index is 592. The number of thiocarbonyl (C=S) groups is 1. The minimum atomic E-state index is -1.86. The number of rotatable bonds is 4. The molecule has 22 heavy (non-hydrogen) atoms. The van der Waals surface area contributed by atoms with Crippen LogP contribution in [0.25, 0.3) is 0 Å². The molecule has 0 aromatic heterocycles. The zero-order valence-corrected chi connectivity index (χ0v) is 14.3. The van der Waals surface area contributed by atoms with Gasteiger partial charge in [0.05, 0.1) is 11.3 Å². The molecule has 1 aromatic rings. The topological polar surface area (TPSA) is 90.5 Å². The SMILES string of the molecule is CC(=O)N[C@H](NC(=S)Nc1ccccc1C(=O)O)C(Cl)(Cl)Cl. The lowest BCUT2D eigenvalue weighted by Crippen LogP contribution is -2.55. The standard InChI is InChI=1S/C12H12Cl3N3O3S/c1-6(19)16-10(12(13,14)15)18-11(22)17-8-5-3-2-4-7(8)9(20)21/h2-5,10H,1H3,(H,16,19)(H,20,21)(H2,17,18,22)/t10-/m1/s1. The third-order valence-corrected chi connectivity index (χ3v) is 3.23. The first kappa shape index (κ1) is 18.8. The van der Waals surface area contributed by atoms with Gasteiger partial charge in [0, 0.05) is 6.92 Å². The quantitative estimate of drug-likeness (QED) is 0.362. The number of nitrogens with one attached hydrogen (secondary N) is 3. The van der Waals surface area contributed by atoms with Crippen LogP contribution in [0.4, 0.5) is 5.69 Å². The number of anilines is 1. The first-order valence-corrected chi connectivity index (χ1v) is 7.39. The second-order valence-electron chi connectivity index (χ2n) is 4.12. The molecule has 0 bridgehead atoms. The summed E-state index contributed by atoms with van der Waals surface area (Å²) in [5.74, 6) is -1.55. The predicted molar refractivity (Wildman–Crippen MR) is 90.7 cm³/mol. The maximum atomic E-state index is 11.1. The summed E-state index contributed by atoms with van der Waals surface area (Å²) in [4.78, 5) is 22.2. The van der Waals surface area contributed by atoms with Gasteiger partial charge in [-0.2, -0.15) is 0 Å². The van der Waals surface area contributed by atoms with E-state index in [0.717, 1.165) is 0 Å². The molecular formula is C12H12Cl3N3O3S. The smallest absolute Gasteiger partial charge is 0.337 e. The Kier molecular flexibility index (Phi) is 6.67. The number of benzene rings is 1. The van der Waals surface area contributed by atoms with E-state index in [1.807, 2.05) is 0 Å². The van der Waals surface area contributed by atoms with Crippen molar-refractivity contribution in [3.8, 4) is 0 Å². The molecule has 0 saturated carbocycles. The molecule has 0 spiro atoms. The van der Waals surface area contributed by atoms with Gasteiger partial charge in [0.2, 0.25) is 9.70 Å². The fourth-order valence-corrected chi connectivity index (χ4v) is 2.03. The molecule has 10 heteroatoms. The summed E-state index contributed by atoms with van der Waals surface area (Å²) in [6.07, 6.45) is -1.09. The Hall–Kier alpha value is -1.28. The van der Waals surface area contributed by atoms with Crippen LogP contribution in [-0.4, -0.2) is 32.1 Å². The predicted octanol–water partition coefficient (Wildman–Crippen LogP) is 2.50. The molecule has 0 saturated heterocycles. The number of alkyl halides is 3. The Morgan fingerprint density at radius 2 is 1.82 bits per heavy atom. The summed E-state index contributed by atoms with van der Waals surface area (Å²) in [5.41, 5.74) is 0.287. The number of amides is 1. The minimum Gasteiger partial charge on any atom is -0.478 e. The average molecular weight is 385 g/mol. The second-order valence-corrected chi connectivity index (χ2v) is 6.90. The molecule has 1 aromatic carbocycles. The lowest BCUT2D eigenvalue weighted by molar-refractivity contribution is -0.119. The van der Waals surface area contributed by atoms with Crippen LogP contribution in [0.15, 0.2) is 24.3 Å². The van der Waals surface area contributed by atoms with Crippen LogP contribution < -0.4 is 16.0 Å². The van der Waals surface area contributed by atoms with Crippen LogP contribution in [0.3, 0.4) is 0 Å². The van der Waals surface area contributed by atoms with Crippen molar-refractivity contribution in [3.05, 3.63) is 29.8 Å². The molecule has 0 heterocycles. The number of hydrogen-bond acceptors (Lipinski definition) is 3. The van der Waals surface area contributed by atoms with E-state index in [-0.39, 0.29) is 16.4 Å². The van der Waals surface area contributed by atoms with Crippen molar-refractivity contribution in [2.45, 2.75) is 16.9 Å². The van der Waals surface area contributed by atoms with E-state index in [4.69, 9.17) is 52.1 Å². The molecule has 120 valence electrons. The molecular weight excluding hydrogens is 373 g/mol. The summed E-state index contributed by atoms with van der Waals surface area (Å²) in [6, 6.07) is 6.15. The zero-order chi connectivity index (χ0) is 16.9. The number of aromatic carboxylic acids is 1. The third kappa shape index (κ3) is 5.84. The molecule has 1 amide bonds. The minimum absolute atomic E-state index is 0.0150. The van der Waals surface area contributed by atoms with Crippen molar-refractivity contribution < 1.29 is 14.7 Å². The van der Waals surface area contributed by atoms with Gasteiger partial charge < -0.3 is 21.1 Å². The normalized spacial score (nSPS) is 12.2. The highest BCUT2D eigenvalue weighted by atomic mass is 35.6. The van der Waals surface area contributed by atoms with Crippen molar-refractivity contribution >= 4 is 69.7 Å². The summed E-state index contributed by atoms with van der Waals surface area (Å²) >= 11 is 22.3. The first-order valence-electron chi connectivity index (χ1n) is 5.85. The Labute approximate surface area is 147 Å². The summed E-state index contributed by atoms with van der Waals surface area (Å²) in [5, 5.41) is 16.7.